The predicted molar refractivity (Wildman–Crippen MR) is 170 cm³/mol. The molecule has 1 amide bonds. The highest BCUT2D eigenvalue weighted by Gasteiger charge is 2.57. The Labute approximate surface area is 276 Å². The van der Waals surface area contributed by atoms with E-state index < -0.39 is 57.0 Å². The van der Waals surface area contributed by atoms with Crippen molar-refractivity contribution in [2.75, 3.05) is 20.3 Å². The summed E-state index contributed by atoms with van der Waals surface area (Å²) in [6, 6.07) is 11.6. The molecule has 15 heteroatoms. The van der Waals surface area contributed by atoms with Gasteiger partial charge in [-0.15, -0.1) is 0 Å². The number of aromatic nitrogens is 2. The number of halogens is 4. The lowest BCUT2D eigenvalue weighted by Gasteiger charge is -2.32. The third-order valence-electron chi connectivity index (χ3n) is 7.92. The maximum absolute atomic E-state index is 14.9. The van der Waals surface area contributed by atoms with Crippen LogP contribution in [0.25, 0.3) is 22.2 Å². The van der Waals surface area contributed by atoms with Crippen LogP contribution in [0.2, 0.25) is 0 Å². The molecule has 1 aliphatic rings. The predicted octanol–water partition coefficient (Wildman–Crippen LogP) is 4.78. The van der Waals surface area contributed by atoms with Crippen molar-refractivity contribution in [3.8, 4) is 22.8 Å². The van der Waals surface area contributed by atoms with E-state index in [0.717, 1.165) is 18.2 Å². The molecule has 48 heavy (non-hydrogen) atoms. The summed E-state index contributed by atoms with van der Waals surface area (Å²) in [5.41, 5.74) is -5.07. The summed E-state index contributed by atoms with van der Waals surface area (Å²) in [6.45, 7) is 4.94. The largest absolute Gasteiger partial charge is 0.494 e. The molecule has 0 saturated heterocycles. The Hall–Kier alpha value is -4.18. The number of pyridine rings is 2. The molecule has 0 radical (unpaired) electrons. The number of carbonyl (C=O) groups is 1. The molecule has 4 aromatic rings. The topological polar surface area (TPSA) is 143 Å². The molecular formula is C33H34F4N4O6S. The molecule has 0 fully saturated rings. The minimum Gasteiger partial charge on any atom is -0.494 e. The second-order valence-electron chi connectivity index (χ2n) is 12.6. The van der Waals surface area contributed by atoms with Crippen LogP contribution in [0, 0.1) is 5.82 Å². The summed E-state index contributed by atoms with van der Waals surface area (Å²) in [4.78, 5) is 21.7. The van der Waals surface area contributed by atoms with E-state index in [9.17, 15) is 36.8 Å². The highest BCUT2D eigenvalue weighted by Crippen LogP contribution is 2.47. The van der Waals surface area contributed by atoms with Gasteiger partial charge < -0.3 is 25.0 Å². The molecular weight excluding hydrogens is 656 g/mol. The standard InChI is InChI=1S/C33H34F4N4O6S/c1-30(2,3)48(45)41-31(4)17-47-28-23(31)14-25(40-27(28)18-6-9-21(34)10-7-18)32(44,33(35,36)37)16-38-29(43)20-12-19-8-11-22(15-42)39-26(19)24(13-20)46-5/h6-14,41-42,44H,15-17H2,1-5H3,(H,38,43)/t31-,32?,48?/m1/s1. The second kappa shape index (κ2) is 12.7. The van der Waals surface area contributed by atoms with E-state index >= 15 is 0 Å². The van der Waals surface area contributed by atoms with Crippen molar-refractivity contribution in [1.82, 2.24) is 20.0 Å². The Morgan fingerprint density at radius 3 is 2.38 bits per heavy atom. The molecule has 2 unspecified atom stereocenters. The van der Waals surface area contributed by atoms with Crippen molar-refractivity contribution in [2.45, 2.75) is 56.4 Å². The van der Waals surface area contributed by atoms with E-state index in [1.807, 2.05) is 0 Å². The lowest BCUT2D eigenvalue weighted by Crippen LogP contribution is -2.52. The molecule has 3 atom stereocenters. The maximum atomic E-state index is 14.9. The van der Waals surface area contributed by atoms with E-state index in [0.29, 0.717) is 16.6 Å². The Morgan fingerprint density at radius 2 is 1.77 bits per heavy atom. The quantitative estimate of drug-likeness (QED) is 0.184. The van der Waals surface area contributed by atoms with Gasteiger partial charge in [-0.3, -0.25) is 4.79 Å². The number of alkyl halides is 3. The van der Waals surface area contributed by atoms with E-state index in [1.54, 1.807) is 33.8 Å². The van der Waals surface area contributed by atoms with Crippen molar-refractivity contribution in [1.29, 1.82) is 0 Å². The molecule has 2 aromatic heterocycles. The highest BCUT2D eigenvalue weighted by atomic mass is 32.2. The number of amides is 1. The SMILES string of the molecule is COc1cc(C(=O)NCC(O)(c2cc3c(c(-c4ccc(F)cc4)n2)OC[C@@]3(C)NS(=O)C(C)(C)C)C(F)(F)F)cc2ccc(CO)nc12. The smallest absolute Gasteiger partial charge is 0.424 e. The number of hydrogen-bond acceptors (Lipinski definition) is 8. The fourth-order valence-corrected chi connectivity index (χ4v) is 5.99. The Bertz CT molecular complexity index is 1900. The van der Waals surface area contributed by atoms with Crippen molar-refractivity contribution in [2.24, 2.45) is 0 Å². The van der Waals surface area contributed by atoms with E-state index in [2.05, 4.69) is 20.0 Å². The van der Waals surface area contributed by atoms with Crippen LogP contribution in [0.5, 0.6) is 11.5 Å². The average molecular weight is 691 g/mol. The van der Waals surface area contributed by atoms with Crippen LogP contribution in [0.4, 0.5) is 17.6 Å². The van der Waals surface area contributed by atoms with Gasteiger partial charge in [-0.05, 0) is 76.2 Å². The van der Waals surface area contributed by atoms with Crippen molar-refractivity contribution < 1.29 is 46.3 Å². The Kier molecular flexibility index (Phi) is 9.29. The van der Waals surface area contributed by atoms with E-state index in [-0.39, 0.29) is 47.1 Å². The normalized spacial score (nSPS) is 18.1. The molecule has 2 aromatic carbocycles. The minimum atomic E-state index is -5.36. The zero-order chi connectivity index (χ0) is 35.2. The summed E-state index contributed by atoms with van der Waals surface area (Å²) in [5.74, 6) is -1.34. The number of methoxy groups -OCH3 is 1. The first-order chi connectivity index (χ1) is 22.4. The van der Waals surface area contributed by atoms with Gasteiger partial charge in [-0.1, -0.05) is 6.07 Å². The first kappa shape index (κ1) is 35.1. The number of nitrogens with one attached hydrogen (secondary N) is 2. The van der Waals surface area contributed by atoms with E-state index in [1.165, 1.54) is 37.4 Å². The van der Waals surface area contributed by atoms with Gasteiger partial charge in [-0.2, -0.15) is 13.2 Å². The number of ether oxygens (including phenoxy) is 2. The van der Waals surface area contributed by atoms with Gasteiger partial charge in [0.25, 0.3) is 5.91 Å². The van der Waals surface area contributed by atoms with Crippen molar-refractivity contribution in [3.63, 3.8) is 0 Å². The Morgan fingerprint density at radius 1 is 1.08 bits per heavy atom. The van der Waals surface area contributed by atoms with Gasteiger partial charge in [-0.25, -0.2) is 23.3 Å². The summed E-state index contributed by atoms with van der Waals surface area (Å²) in [7, 11) is -0.360. The molecule has 3 heterocycles. The number of aliphatic hydroxyl groups is 2. The second-order valence-corrected chi connectivity index (χ2v) is 14.6. The number of fused-ring (bicyclic) bond motifs is 2. The number of carbonyl (C=O) groups excluding carboxylic acids is 1. The first-order valence-electron chi connectivity index (χ1n) is 14.7. The number of rotatable bonds is 9. The van der Waals surface area contributed by atoms with Crippen LogP contribution in [0.1, 0.15) is 55.0 Å². The number of benzene rings is 2. The molecule has 256 valence electrons. The zero-order valence-corrected chi connectivity index (χ0v) is 27.5. The zero-order valence-electron chi connectivity index (χ0n) is 26.7. The van der Waals surface area contributed by atoms with Gasteiger partial charge in [0.1, 0.15) is 29.4 Å². The fraction of sp³-hybridized carbons (Fsp3) is 0.364. The molecule has 0 bridgehead atoms. The van der Waals surface area contributed by atoms with Gasteiger partial charge >= 0.3 is 6.18 Å². The van der Waals surface area contributed by atoms with Crippen LogP contribution in [0.15, 0.2) is 54.6 Å². The van der Waals surface area contributed by atoms with Gasteiger partial charge in [0.05, 0.1) is 52.9 Å². The Balaban J connectivity index is 1.58. The lowest BCUT2D eigenvalue weighted by molar-refractivity contribution is -0.265. The number of aliphatic hydroxyl groups excluding tert-OH is 1. The van der Waals surface area contributed by atoms with Crippen LogP contribution in [-0.4, -0.2) is 61.5 Å². The first-order valence-corrected chi connectivity index (χ1v) is 15.9. The summed E-state index contributed by atoms with van der Waals surface area (Å²) >= 11 is 0. The molecule has 1 aliphatic heterocycles. The van der Waals surface area contributed by atoms with Crippen molar-refractivity contribution in [3.05, 3.63) is 82.9 Å². The summed E-state index contributed by atoms with van der Waals surface area (Å²) in [5, 5.41) is 23.5. The third kappa shape index (κ3) is 6.59. The van der Waals surface area contributed by atoms with Gasteiger partial charge in [0, 0.05) is 22.1 Å². The molecule has 0 saturated carbocycles. The summed E-state index contributed by atoms with van der Waals surface area (Å²) in [6.07, 6.45) is -5.36. The van der Waals surface area contributed by atoms with E-state index in [4.69, 9.17) is 9.47 Å². The number of hydrogen-bond donors (Lipinski definition) is 4. The van der Waals surface area contributed by atoms with Crippen LogP contribution < -0.4 is 19.5 Å². The average Bonchev–Trinajstić information content (AvgIpc) is 3.37. The molecule has 0 spiro atoms. The van der Waals surface area contributed by atoms with Gasteiger partial charge in [0.2, 0.25) is 5.60 Å². The molecule has 4 N–H and O–H groups in total. The highest BCUT2D eigenvalue weighted by molar-refractivity contribution is 7.84. The lowest BCUT2D eigenvalue weighted by atomic mass is 9.89. The monoisotopic (exact) mass is 690 g/mol. The van der Waals surface area contributed by atoms with Crippen molar-refractivity contribution >= 4 is 27.8 Å². The van der Waals surface area contributed by atoms with Crippen LogP contribution in [0.3, 0.4) is 0 Å². The minimum absolute atomic E-state index is 0.0704. The molecule has 5 rings (SSSR count). The maximum Gasteiger partial charge on any atom is 0.424 e. The fourth-order valence-electron chi connectivity index (χ4n) is 5.10. The molecule has 10 nitrogen and oxygen atoms in total. The van der Waals surface area contributed by atoms with Gasteiger partial charge in [0.15, 0.2) is 5.75 Å². The molecule has 0 aliphatic carbocycles. The third-order valence-corrected chi connectivity index (χ3v) is 9.67. The van der Waals surface area contributed by atoms with Crippen LogP contribution in [-0.2, 0) is 28.7 Å². The number of nitrogens with zero attached hydrogens (tertiary/aromatic N) is 2. The van der Waals surface area contributed by atoms with Crippen LogP contribution >= 0.6 is 0 Å². The summed E-state index contributed by atoms with van der Waals surface area (Å²) < 4.78 is 85.1.